The molecule has 20 heavy (non-hydrogen) atoms. The highest BCUT2D eigenvalue weighted by molar-refractivity contribution is 6.31. The van der Waals surface area contributed by atoms with Crippen LogP contribution >= 0.6 is 11.6 Å². The Labute approximate surface area is 122 Å². The molecule has 0 spiro atoms. The first kappa shape index (κ1) is 13.8. The minimum absolute atomic E-state index is 0.0538. The van der Waals surface area contributed by atoms with Crippen LogP contribution in [0, 0.1) is 11.7 Å². The smallest absolute Gasteiger partial charge is 0.215 e. The van der Waals surface area contributed by atoms with Crippen molar-refractivity contribution in [1.29, 1.82) is 0 Å². The van der Waals surface area contributed by atoms with Crippen LogP contribution in [0.25, 0.3) is 11.1 Å². The molecule has 0 unspecified atom stereocenters. The van der Waals surface area contributed by atoms with E-state index in [-0.39, 0.29) is 5.02 Å². The summed E-state index contributed by atoms with van der Waals surface area (Å²) in [5.74, 6) is 0.745. The Morgan fingerprint density at radius 2 is 2.15 bits per heavy atom. The zero-order chi connectivity index (χ0) is 14.3. The predicted molar refractivity (Wildman–Crippen MR) is 77.1 cm³/mol. The summed E-state index contributed by atoms with van der Waals surface area (Å²) in [4.78, 5) is 4.42. The molecule has 1 fully saturated rings. The van der Waals surface area contributed by atoms with E-state index in [9.17, 15) is 4.39 Å². The fraction of sp³-hybridized carbons (Fsp3) is 0.533. The molecule has 5 heteroatoms. The van der Waals surface area contributed by atoms with Gasteiger partial charge in [-0.05, 0) is 37.7 Å². The van der Waals surface area contributed by atoms with Gasteiger partial charge >= 0.3 is 0 Å². The second-order valence-corrected chi connectivity index (χ2v) is 6.17. The van der Waals surface area contributed by atoms with Crippen molar-refractivity contribution in [2.45, 2.75) is 44.6 Å². The van der Waals surface area contributed by atoms with Gasteiger partial charge in [0.15, 0.2) is 5.58 Å². The monoisotopic (exact) mass is 296 g/mol. The number of hydrogen-bond donors (Lipinski definition) is 1. The normalized spacial score (nSPS) is 27.1. The van der Waals surface area contributed by atoms with Crippen LogP contribution in [0.4, 0.5) is 4.39 Å². The average Bonchev–Trinajstić information content (AvgIpc) is 2.84. The molecule has 0 amide bonds. The first-order valence-corrected chi connectivity index (χ1v) is 7.44. The summed E-state index contributed by atoms with van der Waals surface area (Å²) in [5, 5.41) is 0.0538. The molecule has 2 aromatic rings. The molecule has 0 bridgehead atoms. The Kier molecular flexibility index (Phi) is 3.46. The van der Waals surface area contributed by atoms with E-state index in [1.807, 2.05) is 0 Å². The SMILES string of the molecule is CCC1CCC(N)(c2nc3cc(Cl)c(F)cc3o2)CC1. The van der Waals surface area contributed by atoms with Crippen molar-refractivity contribution in [3.8, 4) is 0 Å². The minimum Gasteiger partial charge on any atom is -0.439 e. The number of halogens is 2. The largest absolute Gasteiger partial charge is 0.439 e. The third-order valence-electron chi connectivity index (χ3n) is 4.43. The molecule has 0 saturated heterocycles. The predicted octanol–water partition coefficient (Wildman–Crippen LogP) is 4.37. The Balaban J connectivity index is 1.94. The maximum atomic E-state index is 13.4. The second-order valence-electron chi connectivity index (χ2n) is 5.76. The zero-order valence-electron chi connectivity index (χ0n) is 11.5. The molecule has 0 atom stereocenters. The van der Waals surface area contributed by atoms with Gasteiger partial charge in [0, 0.05) is 6.07 Å². The van der Waals surface area contributed by atoms with Gasteiger partial charge in [0.05, 0.1) is 10.6 Å². The van der Waals surface area contributed by atoms with Crippen LogP contribution in [0.1, 0.15) is 44.9 Å². The number of hydrogen-bond acceptors (Lipinski definition) is 3. The van der Waals surface area contributed by atoms with Crippen LogP contribution in [0.3, 0.4) is 0 Å². The van der Waals surface area contributed by atoms with Crippen molar-refractivity contribution in [1.82, 2.24) is 4.98 Å². The Morgan fingerprint density at radius 1 is 1.45 bits per heavy atom. The fourth-order valence-corrected chi connectivity index (χ4v) is 3.11. The van der Waals surface area contributed by atoms with Gasteiger partial charge in [0.1, 0.15) is 11.3 Å². The van der Waals surface area contributed by atoms with Crippen molar-refractivity contribution in [2.24, 2.45) is 11.7 Å². The highest BCUT2D eigenvalue weighted by Crippen LogP contribution is 2.39. The van der Waals surface area contributed by atoms with Crippen molar-refractivity contribution < 1.29 is 8.81 Å². The molecule has 1 aliphatic rings. The van der Waals surface area contributed by atoms with Crippen molar-refractivity contribution in [3.05, 3.63) is 28.9 Å². The first-order chi connectivity index (χ1) is 9.51. The Hall–Kier alpha value is -1.13. The summed E-state index contributed by atoms with van der Waals surface area (Å²) in [5.41, 5.74) is 6.89. The molecule has 1 saturated carbocycles. The maximum Gasteiger partial charge on any atom is 0.215 e. The minimum atomic E-state index is -0.534. The number of oxazole rings is 1. The van der Waals surface area contributed by atoms with E-state index in [0.717, 1.165) is 31.6 Å². The van der Waals surface area contributed by atoms with E-state index in [0.29, 0.717) is 17.0 Å². The highest BCUT2D eigenvalue weighted by Gasteiger charge is 2.37. The Morgan fingerprint density at radius 3 is 2.80 bits per heavy atom. The fourth-order valence-electron chi connectivity index (χ4n) is 2.95. The van der Waals surface area contributed by atoms with E-state index in [2.05, 4.69) is 11.9 Å². The molecular formula is C15H18ClFN2O. The maximum absolute atomic E-state index is 13.4. The average molecular weight is 297 g/mol. The number of benzene rings is 1. The summed E-state index contributed by atoms with van der Waals surface area (Å²) in [6, 6.07) is 2.76. The van der Waals surface area contributed by atoms with Gasteiger partial charge in [-0.1, -0.05) is 24.9 Å². The molecule has 3 nitrogen and oxygen atoms in total. The summed E-state index contributed by atoms with van der Waals surface area (Å²) in [6.07, 6.45) is 5.06. The van der Waals surface area contributed by atoms with E-state index in [4.69, 9.17) is 21.8 Å². The van der Waals surface area contributed by atoms with Crippen molar-refractivity contribution >= 4 is 22.7 Å². The van der Waals surface area contributed by atoms with Gasteiger partial charge < -0.3 is 10.2 Å². The summed E-state index contributed by atoms with van der Waals surface area (Å²) in [7, 11) is 0. The summed E-state index contributed by atoms with van der Waals surface area (Å²) >= 11 is 5.77. The van der Waals surface area contributed by atoms with Crippen LogP contribution in [0.2, 0.25) is 5.02 Å². The quantitative estimate of drug-likeness (QED) is 0.895. The molecule has 1 heterocycles. The van der Waals surface area contributed by atoms with Crippen molar-refractivity contribution in [3.63, 3.8) is 0 Å². The van der Waals surface area contributed by atoms with Crippen molar-refractivity contribution in [2.75, 3.05) is 0 Å². The van der Waals surface area contributed by atoms with Crippen LogP contribution in [0.15, 0.2) is 16.5 Å². The van der Waals surface area contributed by atoms with Crippen LogP contribution in [-0.4, -0.2) is 4.98 Å². The number of nitrogens with two attached hydrogens (primary N) is 1. The highest BCUT2D eigenvalue weighted by atomic mass is 35.5. The van der Waals surface area contributed by atoms with E-state index in [1.54, 1.807) is 0 Å². The lowest BCUT2D eigenvalue weighted by molar-refractivity contribution is 0.198. The Bertz CT molecular complexity index is 593. The third-order valence-corrected chi connectivity index (χ3v) is 4.72. The lowest BCUT2D eigenvalue weighted by Gasteiger charge is -2.34. The number of fused-ring (bicyclic) bond motifs is 1. The van der Waals surface area contributed by atoms with Gasteiger partial charge in [0.25, 0.3) is 0 Å². The third kappa shape index (κ3) is 2.31. The summed E-state index contributed by atoms with van der Waals surface area (Å²) < 4.78 is 19.1. The van der Waals surface area contributed by atoms with Gasteiger partial charge in [-0.25, -0.2) is 9.37 Å². The molecular weight excluding hydrogens is 279 g/mol. The molecule has 108 valence electrons. The molecule has 1 aromatic carbocycles. The molecule has 2 N–H and O–H groups in total. The van der Waals surface area contributed by atoms with Crippen LogP contribution in [0.5, 0.6) is 0 Å². The number of rotatable bonds is 2. The van der Waals surface area contributed by atoms with Gasteiger partial charge in [-0.3, -0.25) is 0 Å². The van der Waals surface area contributed by atoms with E-state index in [1.165, 1.54) is 18.6 Å². The van der Waals surface area contributed by atoms with E-state index < -0.39 is 11.4 Å². The zero-order valence-corrected chi connectivity index (χ0v) is 12.2. The number of nitrogens with zero attached hydrogens (tertiary/aromatic N) is 1. The lowest BCUT2D eigenvalue weighted by atomic mass is 9.76. The first-order valence-electron chi connectivity index (χ1n) is 7.07. The van der Waals surface area contributed by atoms with Gasteiger partial charge in [0.2, 0.25) is 5.89 Å². The molecule has 0 aliphatic heterocycles. The molecule has 1 aromatic heterocycles. The lowest BCUT2D eigenvalue weighted by Crippen LogP contribution is -2.40. The van der Waals surface area contributed by atoms with Gasteiger partial charge in [-0.15, -0.1) is 0 Å². The molecule has 1 aliphatic carbocycles. The van der Waals surface area contributed by atoms with E-state index >= 15 is 0 Å². The number of aromatic nitrogens is 1. The standard InChI is InChI=1S/C15H18ClFN2O/c1-2-9-3-5-15(18,6-4-9)14-19-12-7-10(16)11(17)8-13(12)20-14/h7-9H,2-6,18H2,1H3. The van der Waals surface area contributed by atoms with Gasteiger partial charge in [-0.2, -0.15) is 0 Å². The topological polar surface area (TPSA) is 52.0 Å². The summed E-state index contributed by atoms with van der Waals surface area (Å²) in [6.45, 7) is 2.21. The van der Waals surface area contributed by atoms with Crippen LogP contribution < -0.4 is 5.73 Å². The molecule has 0 radical (unpaired) electrons. The second kappa shape index (κ2) is 5.01. The van der Waals surface area contributed by atoms with Crippen LogP contribution in [-0.2, 0) is 5.54 Å². The molecule has 3 rings (SSSR count).